The van der Waals surface area contributed by atoms with Crippen LogP contribution < -0.4 is 0 Å². The molecule has 0 amide bonds. The highest BCUT2D eigenvalue weighted by Gasteiger charge is 2.67. The van der Waals surface area contributed by atoms with E-state index in [2.05, 4.69) is 0 Å². The molecule has 5 rings (SSSR count). The van der Waals surface area contributed by atoms with E-state index >= 15 is 0 Å². The fourth-order valence-electron chi connectivity index (χ4n) is 4.22. The number of allylic oxidation sites excluding steroid dienone is 1. The van der Waals surface area contributed by atoms with Crippen LogP contribution in [0.4, 0.5) is 0 Å². The van der Waals surface area contributed by atoms with Crippen molar-refractivity contribution in [3.8, 4) is 0 Å². The third-order valence-corrected chi connectivity index (χ3v) is 4.69. The maximum atomic E-state index is 12.0. The molecule has 0 radical (unpaired) electrons. The monoisotopic (exact) mass is 236 g/mol. The van der Waals surface area contributed by atoms with Crippen molar-refractivity contribution in [1.82, 2.24) is 0 Å². The Bertz CT molecular complexity index is 425. The van der Waals surface area contributed by atoms with Crippen LogP contribution in [0.15, 0.2) is 11.6 Å². The van der Waals surface area contributed by atoms with Gasteiger partial charge in [-0.1, -0.05) is 6.08 Å². The first-order chi connectivity index (χ1) is 8.12. The van der Waals surface area contributed by atoms with E-state index in [0.29, 0.717) is 17.4 Å². The molecule has 3 fully saturated rings. The predicted octanol–water partition coefficient (Wildman–Crippen LogP) is 1.30. The van der Waals surface area contributed by atoms with Gasteiger partial charge >= 0.3 is 11.9 Å². The summed E-state index contributed by atoms with van der Waals surface area (Å²) in [6, 6.07) is 0. The van der Waals surface area contributed by atoms with Crippen LogP contribution in [0.25, 0.3) is 0 Å². The Hall–Kier alpha value is -1.32. The normalized spacial score (nSPS) is 41.3. The largest absolute Gasteiger partial charge is 0.469 e. The smallest absolute Gasteiger partial charge is 0.333 e. The Kier molecular flexibility index (Phi) is 2.12. The summed E-state index contributed by atoms with van der Waals surface area (Å²) in [5.74, 6) is 0.404. The SMILES string of the molecule is COC(=O)C1=CC2CC3CC(C(=O)OC)(C2)C13. The fraction of sp³-hybridized carbons (Fsp3) is 0.692. The van der Waals surface area contributed by atoms with E-state index in [0.717, 1.165) is 19.3 Å². The van der Waals surface area contributed by atoms with Gasteiger partial charge in [-0.25, -0.2) is 4.79 Å². The molecule has 0 heterocycles. The van der Waals surface area contributed by atoms with Gasteiger partial charge in [0.15, 0.2) is 0 Å². The van der Waals surface area contributed by atoms with Gasteiger partial charge in [0.25, 0.3) is 0 Å². The lowest BCUT2D eigenvalue weighted by Crippen LogP contribution is -2.62. The minimum Gasteiger partial charge on any atom is -0.469 e. The summed E-state index contributed by atoms with van der Waals surface area (Å²) in [5, 5.41) is 0. The number of carbonyl (C=O) groups is 2. The van der Waals surface area contributed by atoms with E-state index in [1.807, 2.05) is 6.08 Å². The first-order valence-corrected chi connectivity index (χ1v) is 6.01. The molecule has 17 heavy (non-hydrogen) atoms. The number of rotatable bonds is 2. The van der Waals surface area contributed by atoms with Gasteiger partial charge in [-0.3, -0.25) is 4.79 Å². The minimum absolute atomic E-state index is 0.0346. The number of carbonyl (C=O) groups excluding carboxylic acids is 2. The van der Waals surface area contributed by atoms with Crippen molar-refractivity contribution >= 4 is 11.9 Å². The second kappa shape index (κ2) is 3.34. The Morgan fingerprint density at radius 2 is 2.06 bits per heavy atom. The van der Waals surface area contributed by atoms with Crippen molar-refractivity contribution in [3.63, 3.8) is 0 Å². The molecule has 0 spiro atoms. The zero-order chi connectivity index (χ0) is 12.2. The third-order valence-electron chi connectivity index (χ3n) is 4.69. The van der Waals surface area contributed by atoms with Gasteiger partial charge in [0.05, 0.1) is 19.6 Å². The standard InChI is InChI=1S/C13H16O4/c1-16-11(14)9-4-7-3-8-6-13(5-7,10(8)9)12(15)17-2/h4,7-8,10H,3,5-6H2,1-2H3. The van der Waals surface area contributed by atoms with Gasteiger partial charge in [0.2, 0.25) is 0 Å². The number of hydrogen-bond donors (Lipinski definition) is 0. The molecule has 0 N–H and O–H groups in total. The van der Waals surface area contributed by atoms with E-state index < -0.39 is 5.41 Å². The number of ether oxygens (including phenoxy) is 2. The zero-order valence-electron chi connectivity index (χ0n) is 10.1. The quantitative estimate of drug-likeness (QED) is 0.678. The summed E-state index contributed by atoms with van der Waals surface area (Å²) in [4.78, 5) is 23.7. The molecule has 0 aromatic carbocycles. The molecule has 5 aliphatic rings. The molecule has 4 unspecified atom stereocenters. The number of esters is 2. The Morgan fingerprint density at radius 3 is 2.65 bits per heavy atom. The van der Waals surface area contributed by atoms with Crippen LogP contribution in [0.2, 0.25) is 0 Å². The second-order valence-corrected chi connectivity index (χ2v) is 5.40. The first-order valence-electron chi connectivity index (χ1n) is 6.01. The average molecular weight is 236 g/mol. The molecule has 0 aromatic heterocycles. The van der Waals surface area contributed by atoms with Crippen molar-refractivity contribution in [2.45, 2.75) is 19.3 Å². The first kappa shape index (κ1) is 10.8. The predicted molar refractivity (Wildman–Crippen MR) is 58.9 cm³/mol. The lowest BCUT2D eigenvalue weighted by atomic mass is 9.40. The number of methoxy groups -OCH3 is 2. The van der Waals surface area contributed by atoms with Gasteiger partial charge in [0, 0.05) is 11.5 Å². The van der Waals surface area contributed by atoms with Gasteiger partial charge in [-0.15, -0.1) is 0 Å². The molecule has 0 aliphatic heterocycles. The van der Waals surface area contributed by atoms with Crippen LogP contribution in [0.3, 0.4) is 0 Å². The Morgan fingerprint density at radius 1 is 1.29 bits per heavy atom. The molecule has 92 valence electrons. The highest BCUT2D eigenvalue weighted by Crippen LogP contribution is 2.67. The highest BCUT2D eigenvalue weighted by molar-refractivity contribution is 5.93. The maximum Gasteiger partial charge on any atom is 0.333 e. The zero-order valence-corrected chi connectivity index (χ0v) is 10.1. The van der Waals surface area contributed by atoms with Gasteiger partial charge in [-0.05, 0) is 31.1 Å². The molecular weight excluding hydrogens is 220 g/mol. The lowest BCUT2D eigenvalue weighted by molar-refractivity contribution is -0.184. The fourth-order valence-corrected chi connectivity index (χ4v) is 4.22. The molecule has 4 heteroatoms. The Balaban J connectivity index is 1.98. The molecule has 4 nitrogen and oxygen atoms in total. The van der Waals surface area contributed by atoms with E-state index in [-0.39, 0.29) is 17.9 Å². The minimum atomic E-state index is -0.430. The highest BCUT2D eigenvalue weighted by atomic mass is 16.5. The molecule has 4 bridgehead atoms. The van der Waals surface area contributed by atoms with Crippen LogP contribution in [0.5, 0.6) is 0 Å². The summed E-state index contributed by atoms with van der Waals surface area (Å²) in [6.07, 6.45) is 4.81. The van der Waals surface area contributed by atoms with E-state index in [4.69, 9.17) is 9.47 Å². The van der Waals surface area contributed by atoms with Crippen molar-refractivity contribution in [2.75, 3.05) is 14.2 Å². The van der Waals surface area contributed by atoms with Crippen molar-refractivity contribution < 1.29 is 19.1 Å². The molecule has 4 atom stereocenters. The van der Waals surface area contributed by atoms with Gasteiger partial charge < -0.3 is 9.47 Å². The molecular formula is C13H16O4. The topological polar surface area (TPSA) is 52.6 Å². The summed E-state index contributed by atoms with van der Waals surface area (Å²) >= 11 is 0. The molecule has 3 saturated carbocycles. The molecule has 5 aliphatic carbocycles. The van der Waals surface area contributed by atoms with Crippen LogP contribution in [-0.2, 0) is 19.1 Å². The van der Waals surface area contributed by atoms with Crippen LogP contribution >= 0.6 is 0 Å². The van der Waals surface area contributed by atoms with Crippen molar-refractivity contribution in [2.24, 2.45) is 23.2 Å². The van der Waals surface area contributed by atoms with Gasteiger partial charge in [-0.2, -0.15) is 0 Å². The van der Waals surface area contributed by atoms with Crippen molar-refractivity contribution in [1.29, 1.82) is 0 Å². The summed E-state index contributed by atoms with van der Waals surface area (Å²) < 4.78 is 9.74. The second-order valence-electron chi connectivity index (χ2n) is 5.40. The summed E-state index contributed by atoms with van der Waals surface area (Å²) in [6.45, 7) is 0. The lowest BCUT2D eigenvalue weighted by Gasteiger charge is -2.62. The van der Waals surface area contributed by atoms with Crippen LogP contribution in [-0.4, -0.2) is 26.2 Å². The van der Waals surface area contributed by atoms with Crippen LogP contribution in [0.1, 0.15) is 19.3 Å². The molecule has 0 aromatic rings. The third kappa shape index (κ3) is 1.18. The van der Waals surface area contributed by atoms with E-state index in [9.17, 15) is 9.59 Å². The summed E-state index contributed by atoms with van der Waals surface area (Å²) in [7, 11) is 2.82. The maximum absolute atomic E-state index is 12.0. The van der Waals surface area contributed by atoms with Gasteiger partial charge in [0.1, 0.15) is 0 Å². The number of hydrogen-bond acceptors (Lipinski definition) is 4. The Labute approximate surface area is 100.0 Å². The summed E-state index contributed by atoms with van der Waals surface area (Å²) in [5.41, 5.74) is 0.275. The molecule has 0 saturated heterocycles. The van der Waals surface area contributed by atoms with E-state index in [1.165, 1.54) is 14.2 Å². The van der Waals surface area contributed by atoms with Crippen molar-refractivity contribution in [3.05, 3.63) is 11.6 Å². The average Bonchev–Trinajstić information content (AvgIpc) is 2.35. The van der Waals surface area contributed by atoms with E-state index in [1.54, 1.807) is 0 Å². The van der Waals surface area contributed by atoms with Crippen LogP contribution in [0, 0.1) is 23.2 Å².